The van der Waals surface area contributed by atoms with Crippen LogP contribution in [0.2, 0.25) is 0 Å². The molecule has 1 aromatic rings. The van der Waals surface area contributed by atoms with Crippen molar-refractivity contribution in [1.82, 2.24) is 9.62 Å². The number of carbonyl (C=O) groups excluding carboxylic acids is 1. The molecule has 0 fully saturated rings. The van der Waals surface area contributed by atoms with Crippen molar-refractivity contribution in [2.24, 2.45) is 5.92 Å². The van der Waals surface area contributed by atoms with Crippen molar-refractivity contribution < 1.29 is 22.0 Å². The number of hydrogen-bond donors (Lipinski definition) is 1. The summed E-state index contributed by atoms with van der Waals surface area (Å²) in [4.78, 5) is 13.6. The summed E-state index contributed by atoms with van der Waals surface area (Å²) in [6.45, 7) is 7.14. The van der Waals surface area contributed by atoms with E-state index >= 15 is 0 Å². The maximum Gasteiger partial charge on any atom is 0.240 e. The molecule has 0 aliphatic rings. The number of hydrogen-bond acceptors (Lipinski definition) is 3. The summed E-state index contributed by atoms with van der Waals surface area (Å²) in [5, 5.41) is 0. The second kappa shape index (κ2) is 9.82. The lowest BCUT2D eigenvalue weighted by Gasteiger charge is -2.25. The van der Waals surface area contributed by atoms with E-state index in [4.69, 9.17) is 0 Å². The summed E-state index contributed by atoms with van der Waals surface area (Å²) in [6, 6.07) is 2.35. The topological polar surface area (TPSA) is 66.5 Å². The third-order valence-corrected chi connectivity index (χ3v) is 5.66. The highest BCUT2D eigenvalue weighted by Crippen LogP contribution is 2.14. The third kappa shape index (κ3) is 6.36. The molecule has 5 nitrogen and oxygen atoms in total. The molecular weight excluding hydrogens is 350 g/mol. The Bertz CT molecular complexity index is 676. The van der Waals surface area contributed by atoms with E-state index < -0.39 is 21.7 Å². The molecular formula is C17H26F2N2O3S. The molecule has 0 radical (unpaired) electrons. The van der Waals surface area contributed by atoms with Crippen LogP contribution < -0.4 is 4.72 Å². The first-order valence-electron chi connectivity index (χ1n) is 8.47. The number of sulfonamides is 1. The van der Waals surface area contributed by atoms with Crippen LogP contribution in [0.1, 0.15) is 40.0 Å². The van der Waals surface area contributed by atoms with Gasteiger partial charge in [0, 0.05) is 26.1 Å². The smallest absolute Gasteiger partial charge is 0.240 e. The first kappa shape index (κ1) is 21.5. The van der Waals surface area contributed by atoms with Gasteiger partial charge in [0.2, 0.25) is 15.9 Å². The van der Waals surface area contributed by atoms with Gasteiger partial charge in [-0.3, -0.25) is 4.79 Å². The minimum atomic E-state index is -3.99. The first-order valence-corrected chi connectivity index (χ1v) is 9.95. The van der Waals surface area contributed by atoms with Crippen molar-refractivity contribution in [3.63, 3.8) is 0 Å². The van der Waals surface area contributed by atoms with Crippen molar-refractivity contribution in [3.05, 3.63) is 29.8 Å². The Kier molecular flexibility index (Phi) is 8.44. The zero-order chi connectivity index (χ0) is 19.0. The second-order valence-corrected chi connectivity index (χ2v) is 7.61. The lowest BCUT2D eigenvalue weighted by Crippen LogP contribution is -2.37. The van der Waals surface area contributed by atoms with Gasteiger partial charge in [-0.05, 0) is 31.0 Å². The van der Waals surface area contributed by atoms with Crippen LogP contribution in [0.15, 0.2) is 23.1 Å². The third-order valence-electron chi connectivity index (χ3n) is 4.20. The Balaban J connectivity index is 2.62. The molecule has 0 heterocycles. The summed E-state index contributed by atoms with van der Waals surface area (Å²) >= 11 is 0. The molecule has 0 atom stereocenters. The average molecular weight is 376 g/mol. The summed E-state index contributed by atoms with van der Waals surface area (Å²) in [5.74, 6) is -2.07. The first-order chi connectivity index (χ1) is 11.7. The number of halogens is 2. The van der Waals surface area contributed by atoms with Gasteiger partial charge in [0.15, 0.2) is 11.6 Å². The van der Waals surface area contributed by atoms with Crippen molar-refractivity contribution in [2.75, 3.05) is 19.6 Å². The maximum absolute atomic E-state index is 13.2. The fraction of sp³-hybridized carbons (Fsp3) is 0.588. The van der Waals surface area contributed by atoms with E-state index in [-0.39, 0.29) is 23.8 Å². The van der Waals surface area contributed by atoms with Crippen LogP contribution in [0.5, 0.6) is 0 Å². The SMILES string of the molecule is CCC(CC)CN(CC)C(=O)CCNS(=O)(=O)c1ccc(F)c(F)c1. The highest BCUT2D eigenvalue weighted by molar-refractivity contribution is 7.89. The van der Waals surface area contributed by atoms with Gasteiger partial charge in [0.05, 0.1) is 4.90 Å². The van der Waals surface area contributed by atoms with Crippen LogP contribution in [0.3, 0.4) is 0 Å². The molecule has 0 saturated carbocycles. The van der Waals surface area contributed by atoms with Crippen LogP contribution >= 0.6 is 0 Å². The molecule has 1 N–H and O–H groups in total. The standard InChI is InChI=1S/C17H26F2N2O3S/c1-4-13(5-2)12-21(6-3)17(22)9-10-20-25(23,24)14-7-8-15(18)16(19)11-14/h7-8,11,13,20H,4-6,9-10,12H2,1-3H3. The van der Waals surface area contributed by atoms with Gasteiger partial charge >= 0.3 is 0 Å². The van der Waals surface area contributed by atoms with E-state index in [9.17, 15) is 22.0 Å². The number of amides is 1. The summed E-state index contributed by atoms with van der Waals surface area (Å²) in [7, 11) is -3.99. The van der Waals surface area contributed by atoms with Crippen LogP contribution in [-0.4, -0.2) is 38.9 Å². The average Bonchev–Trinajstić information content (AvgIpc) is 2.58. The number of nitrogens with one attached hydrogen (secondary N) is 1. The zero-order valence-corrected chi connectivity index (χ0v) is 15.7. The Morgan fingerprint density at radius 1 is 1.16 bits per heavy atom. The number of rotatable bonds is 10. The molecule has 1 amide bonds. The highest BCUT2D eigenvalue weighted by atomic mass is 32.2. The van der Waals surface area contributed by atoms with Gasteiger partial charge < -0.3 is 4.90 Å². The predicted molar refractivity (Wildman–Crippen MR) is 92.5 cm³/mol. The minimum Gasteiger partial charge on any atom is -0.343 e. The monoisotopic (exact) mass is 376 g/mol. The molecule has 0 aliphatic heterocycles. The molecule has 142 valence electrons. The van der Waals surface area contributed by atoms with Crippen molar-refractivity contribution in [3.8, 4) is 0 Å². The molecule has 0 spiro atoms. The van der Waals surface area contributed by atoms with E-state index in [0.717, 1.165) is 25.0 Å². The molecule has 1 rings (SSSR count). The van der Waals surface area contributed by atoms with E-state index in [2.05, 4.69) is 18.6 Å². The second-order valence-electron chi connectivity index (χ2n) is 5.84. The molecule has 0 bridgehead atoms. The van der Waals surface area contributed by atoms with Gasteiger partial charge in [-0.15, -0.1) is 0 Å². The predicted octanol–water partition coefficient (Wildman–Crippen LogP) is 2.92. The normalized spacial score (nSPS) is 11.8. The Morgan fingerprint density at radius 2 is 1.80 bits per heavy atom. The lowest BCUT2D eigenvalue weighted by molar-refractivity contribution is -0.131. The molecule has 0 unspecified atom stereocenters. The van der Waals surface area contributed by atoms with Crippen LogP contribution in [0, 0.1) is 17.6 Å². The number of benzene rings is 1. The molecule has 0 saturated heterocycles. The van der Waals surface area contributed by atoms with E-state index in [1.807, 2.05) is 6.92 Å². The largest absolute Gasteiger partial charge is 0.343 e. The summed E-state index contributed by atoms with van der Waals surface area (Å²) < 4.78 is 52.4. The summed E-state index contributed by atoms with van der Waals surface area (Å²) in [6.07, 6.45) is 1.96. The van der Waals surface area contributed by atoms with E-state index in [1.165, 1.54) is 0 Å². The Morgan fingerprint density at radius 3 is 2.32 bits per heavy atom. The van der Waals surface area contributed by atoms with Crippen LogP contribution in [0.25, 0.3) is 0 Å². The van der Waals surface area contributed by atoms with E-state index in [0.29, 0.717) is 25.1 Å². The fourth-order valence-corrected chi connectivity index (χ4v) is 3.49. The molecule has 25 heavy (non-hydrogen) atoms. The van der Waals surface area contributed by atoms with Crippen molar-refractivity contribution in [1.29, 1.82) is 0 Å². The quantitative estimate of drug-likeness (QED) is 0.683. The van der Waals surface area contributed by atoms with Crippen molar-refractivity contribution >= 4 is 15.9 Å². The fourth-order valence-electron chi connectivity index (χ4n) is 2.44. The van der Waals surface area contributed by atoms with Gasteiger partial charge in [0.1, 0.15) is 0 Å². The van der Waals surface area contributed by atoms with Crippen molar-refractivity contribution in [2.45, 2.75) is 44.9 Å². The van der Waals surface area contributed by atoms with Gasteiger partial charge in [-0.2, -0.15) is 0 Å². The Hall–Kier alpha value is -1.54. The molecule has 1 aromatic carbocycles. The Labute approximate surface area is 148 Å². The number of carbonyl (C=O) groups is 1. The molecule has 0 aliphatic carbocycles. The van der Waals surface area contributed by atoms with Crippen LogP contribution in [-0.2, 0) is 14.8 Å². The van der Waals surface area contributed by atoms with Crippen LogP contribution in [0.4, 0.5) is 8.78 Å². The number of nitrogens with zero attached hydrogens (tertiary/aromatic N) is 1. The van der Waals surface area contributed by atoms with Gasteiger partial charge in [0.25, 0.3) is 0 Å². The molecule has 0 aromatic heterocycles. The summed E-state index contributed by atoms with van der Waals surface area (Å²) in [5.41, 5.74) is 0. The van der Waals surface area contributed by atoms with E-state index in [1.54, 1.807) is 4.90 Å². The molecule has 8 heteroatoms. The lowest BCUT2D eigenvalue weighted by atomic mass is 10.0. The minimum absolute atomic E-state index is 0.0108. The van der Waals surface area contributed by atoms with Gasteiger partial charge in [-0.25, -0.2) is 21.9 Å². The van der Waals surface area contributed by atoms with Gasteiger partial charge in [-0.1, -0.05) is 26.7 Å². The highest BCUT2D eigenvalue weighted by Gasteiger charge is 2.19. The maximum atomic E-state index is 13.2. The zero-order valence-electron chi connectivity index (χ0n) is 14.9.